The van der Waals surface area contributed by atoms with Gasteiger partial charge in [-0.3, -0.25) is 9.48 Å². The summed E-state index contributed by atoms with van der Waals surface area (Å²) in [7, 11) is 3.55. The fourth-order valence-corrected chi connectivity index (χ4v) is 2.82. The molecule has 0 unspecified atom stereocenters. The first-order valence-corrected chi connectivity index (χ1v) is 8.62. The fourth-order valence-electron chi connectivity index (χ4n) is 2.82. The summed E-state index contributed by atoms with van der Waals surface area (Å²) in [5.74, 6) is 0.365. The Hall–Kier alpha value is -2.96. The Labute approximate surface area is 153 Å². The average molecular weight is 352 g/mol. The molecule has 7 heteroatoms. The molecule has 3 aromatic rings. The molecule has 0 atom stereocenters. The summed E-state index contributed by atoms with van der Waals surface area (Å²) in [6.45, 7) is 6.58. The van der Waals surface area contributed by atoms with Crippen LogP contribution in [0.3, 0.4) is 0 Å². The van der Waals surface area contributed by atoms with E-state index in [-0.39, 0.29) is 5.91 Å². The molecule has 136 valence electrons. The number of hydrogen-bond acceptors (Lipinski definition) is 4. The fraction of sp³-hybridized carbons (Fsp3) is 0.368. The zero-order valence-electron chi connectivity index (χ0n) is 15.8. The largest absolute Gasteiger partial charge is 0.334 e. The van der Waals surface area contributed by atoms with Gasteiger partial charge in [0.05, 0.1) is 18.4 Å². The third-order valence-electron chi connectivity index (χ3n) is 4.33. The van der Waals surface area contributed by atoms with Gasteiger partial charge in [0.25, 0.3) is 5.91 Å². The Balaban J connectivity index is 1.71. The van der Waals surface area contributed by atoms with Gasteiger partial charge in [0.15, 0.2) is 5.69 Å². The first kappa shape index (κ1) is 17.8. The Bertz CT molecular complexity index is 907. The number of aryl methyl sites for hydroxylation is 2. The summed E-state index contributed by atoms with van der Waals surface area (Å²) >= 11 is 0. The number of carbonyl (C=O) groups excluding carboxylic acids is 1. The maximum Gasteiger partial charge on any atom is 0.274 e. The molecule has 0 fully saturated rings. The van der Waals surface area contributed by atoms with E-state index < -0.39 is 0 Å². The molecule has 1 aromatic carbocycles. The summed E-state index contributed by atoms with van der Waals surface area (Å²) in [5, 5.41) is 12.6. The van der Waals surface area contributed by atoms with Gasteiger partial charge in [-0.25, -0.2) is 4.68 Å². The van der Waals surface area contributed by atoms with E-state index >= 15 is 0 Å². The molecule has 0 aliphatic rings. The van der Waals surface area contributed by atoms with Crippen molar-refractivity contribution in [3.8, 4) is 5.69 Å². The molecule has 0 saturated heterocycles. The standard InChI is InChI=1S/C19H24N6O/c1-13(2)15-6-8-17(9-7-15)25-12-16(20-22-25)11-23(4)19(26)18-14(3)10-24(5)21-18/h6-10,12-13H,11H2,1-5H3. The molecule has 0 aliphatic heterocycles. The lowest BCUT2D eigenvalue weighted by atomic mass is 10.0. The van der Waals surface area contributed by atoms with Crippen molar-refractivity contribution in [3.63, 3.8) is 0 Å². The summed E-state index contributed by atoms with van der Waals surface area (Å²) < 4.78 is 3.37. The number of nitrogens with zero attached hydrogens (tertiary/aromatic N) is 6. The maximum absolute atomic E-state index is 12.6. The topological polar surface area (TPSA) is 68.8 Å². The number of aromatic nitrogens is 5. The quantitative estimate of drug-likeness (QED) is 0.708. The van der Waals surface area contributed by atoms with E-state index in [2.05, 4.69) is 41.4 Å². The Kier molecular flexibility index (Phi) is 4.88. The van der Waals surface area contributed by atoms with E-state index in [0.29, 0.717) is 18.2 Å². The SMILES string of the molecule is Cc1cn(C)nc1C(=O)N(C)Cc1cn(-c2ccc(C(C)C)cc2)nn1. The molecule has 0 saturated carbocycles. The van der Waals surface area contributed by atoms with Gasteiger partial charge >= 0.3 is 0 Å². The predicted molar refractivity (Wildman–Crippen MR) is 99.2 cm³/mol. The zero-order valence-corrected chi connectivity index (χ0v) is 15.8. The van der Waals surface area contributed by atoms with Crippen LogP contribution in [0, 0.1) is 6.92 Å². The highest BCUT2D eigenvalue weighted by molar-refractivity contribution is 5.93. The third-order valence-corrected chi connectivity index (χ3v) is 4.33. The van der Waals surface area contributed by atoms with Crippen LogP contribution >= 0.6 is 0 Å². The smallest absolute Gasteiger partial charge is 0.274 e. The highest BCUT2D eigenvalue weighted by Crippen LogP contribution is 2.17. The van der Waals surface area contributed by atoms with Crippen molar-refractivity contribution in [2.45, 2.75) is 33.2 Å². The molecule has 26 heavy (non-hydrogen) atoms. The Morgan fingerprint density at radius 2 is 1.88 bits per heavy atom. The minimum Gasteiger partial charge on any atom is -0.334 e. The monoisotopic (exact) mass is 352 g/mol. The van der Waals surface area contributed by atoms with Crippen molar-refractivity contribution in [2.75, 3.05) is 7.05 Å². The highest BCUT2D eigenvalue weighted by atomic mass is 16.2. The first-order chi connectivity index (χ1) is 12.3. The number of hydrogen-bond donors (Lipinski definition) is 0. The van der Waals surface area contributed by atoms with Gasteiger partial charge in [-0.2, -0.15) is 5.10 Å². The van der Waals surface area contributed by atoms with Crippen molar-refractivity contribution >= 4 is 5.91 Å². The van der Waals surface area contributed by atoms with E-state index in [1.165, 1.54) is 5.56 Å². The molecule has 7 nitrogen and oxygen atoms in total. The minimum absolute atomic E-state index is 0.126. The van der Waals surface area contributed by atoms with Crippen LogP contribution in [0.15, 0.2) is 36.7 Å². The average Bonchev–Trinajstić information content (AvgIpc) is 3.20. The van der Waals surface area contributed by atoms with Gasteiger partial charge in [0, 0.05) is 25.9 Å². The first-order valence-electron chi connectivity index (χ1n) is 8.62. The number of benzene rings is 1. The molecular formula is C19H24N6O. The van der Waals surface area contributed by atoms with Crippen LogP contribution in [0.1, 0.15) is 47.1 Å². The lowest BCUT2D eigenvalue weighted by Crippen LogP contribution is -2.27. The van der Waals surface area contributed by atoms with Gasteiger partial charge in [0.2, 0.25) is 0 Å². The van der Waals surface area contributed by atoms with Crippen LogP contribution < -0.4 is 0 Å². The van der Waals surface area contributed by atoms with Crippen molar-refractivity contribution < 1.29 is 4.79 Å². The summed E-state index contributed by atoms with van der Waals surface area (Å²) in [6, 6.07) is 8.25. The van der Waals surface area contributed by atoms with Crippen molar-refractivity contribution in [2.24, 2.45) is 7.05 Å². The summed E-state index contributed by atoms with van der Waals surface area (Å²) in [4.78, 5) is 14.2. The molecule has 0 N–H and O–H groups in total. The normalized spacial score (nSPS) is 11.2. The molecule has 0 bridgehead atoms. The van der Waals surface area contributed by atoms with E-state index in [9.17, 15) is 4.79 Å². The van der Waals surface area contributed by atoms with Crippen LogP contribution in [0.2, 0.25) is 0 Å². The second kappa shape index (κ2) is 7.11. The molecule has 3 rings (SSSR count). The van der Waals surface area contributed by atoms with Crippen LogP contribution in [0.5, 0.6) is 0 Å². The number of rotatable bonds is 5. The van der Waals surface area contributed by atoms with E-state index in [1.807, 2.05) is 31.5 Å². The molecule has 2 aromatic heterocycles. The van der Waals surface area contributed by atoms with Gasteiger partial charge < -0.3 is 4.90 Å². The molecule has 0 radical (unpaired) electrons. The van der Waals surface area contributed by atoms with Gasteiger partial charge in [0.1, 0.15) is 5.69 Å². The van der Waals surface area contributed by atoms with Gasteiger partial charge in [-0.1, -0.05) is 31.2 Å². The van der Waals surface area contributed by atoms with Crippen molar-refractivity contribution in [1.82, 2.24) is 29.7 Å². The van der Waals surface area contributed by atoms with Crippen LogP contribution in [-0.2, 0) is 13.6 Å². The van der Waals surface area contributed by atoms with E-state index in [1.54, 1.807) is 28.4 Å². The minimum atomic E-state index is -0.126. The van der Waals surface area contributed by atoms with Gasteiger partial charge in [-0.15, -0.1) is 5.10 Å². The lowest BCUT2D eigenvalue weighted by molar-refractivity contribution is 0.0776. The maximum atomic E-state index is 12.6. The second-order valence-electron chi connectivity index (χ2n) is 6.90. The Morgan fingerprint density at radius 1 is 1.19 bits per heavy atom. The second-order valence-corrected chi connectivity index (χ2v) is 6.90. The van der Waals surface area contributed by atoms with Gasteiger partial charge in [-0.05, 0) is 30.5 Å². The summed E-state index contributed by atoms with van der Waals surface area (Å²) in [6.07, 6.45) is 3.68. The predicted octanol–water partition coefficient (Wildman–Crippen LogP) is 2.70. The van der Waals surface area contributed by atoms with Crippen molar-refractivity contribution in [1.29, 1.82) is 0 Å². The third kappa shape index (κ3) is 3.66. The van der Waals surface area contributed by atoms with Crippen LogP contribution in [-0.4, -0.2) is 42.6 Å². The molecule has 1 amide bonds. The molecule has 0 aliphatic carbocycles. The highest BCUT2D eigenvalue weighted by Gasteiger charge is 2.19. The summed E-state index contributed by atoms with van der Waals surface area (Å²) in [5.41, 5.74) is 4.28. The van der Waals surface area contributed by atoms with Crippen molar-refractivity contribution in [3.05, 3.63) is 59.2 Å². The van der Waals surface area contributed by atoms with E-state index in [4.69, 9.17) is 0 Å². The number of amides is 1. The lowest BCUT2D eigenvalue weighted by Gasteiger charge is -2.14. The molecular weight excluding hydrogens is 328 g/mol. The molecule has 0 spiro atoms. The van der Waals surface area contributed by atoms with Crippen LogP contribution in [0.25, 0.3) is 5.69 Å². The van der Waals surface area contributed by atoms with E-state index in [0.717, 1.165) is 16.9 Å². The Morgan fingerprint density at radius 3 is 2.46 bits per heavy atom. The number of carbonyl (C=O) groups is 1. The van der Waals surface area contributed by atoms with Crippen LogP contribution in [0.4, 0.5) is 0 Å². The molecule has 2 heterocycles. The zero-order chi connectivity index (χ0) is 18.8.